The first-order chi connectivity index (χ1) is 19.4. The Morgan fingerprint density at radius 1 is 1.02 bits per heavy atom. The molecule has 6 rings (SSSR count). The number of allylic oxidation sites excluding steroid dienone is 2. The number of fused-ring (bicyclic) bond motifs is 4. The van der Waals surface area contributed by atoms with Gasteiger partial charge in [0.15, 0.2) is 9.75 Å². The highest BCUT2D eigenvalue weighted by Crippen LogP contribution is 2.66. The number of hydrogen-bond acceptors (Lipinski definition) is 7. The van der Waals surface area contributed by atoms with Crippen molar-refractivity contribution in [2.24, 2.45) is 17.8 Å². The number of amides is 5. The molecule has 5 amide bonds. The molecule has 0 spiro atoms. The number of halogens is 3. The van der Waals surface area contributed by atoms with Crippen LogP contribution in [0, 0.1) is 30.5 Å². The predicted molar refractivity (Wildman–Crippen MR) is 144 cm³/mol. The Morgan fingerprint density at radius 2 is 1.71 bits per heavy atom. The number of alkyl halides is 2. The van der Waals surface area contributed by atoms with Gasteiger partial charge in [0.05, 0.1) is 24.6 Å². The number of carbonyl (C=O) groups is 5. The van der Waals surface area contributed by atoms with Crippen LogP contribution in [0.15, 0.2) is 54.1 Å². The zero-order chi connectivity index (χ0) is 29.6. The van der Waals surface area contributed by atoms with Gasteiger partial charge >= 0.3 is 6.09 Å². The molecule has 9 nitrogen and oxygen atoms in total. The molecular weight excluding hydrogens is 578 g/mol. The standard InChI is InChI=1S/C29H23Cl2FN2O7/c1-13-4-3-5-18(22(13)35)21-16-10-11-17-20(24(37)34(23(17)36)27(40)41-2)19(16)12-28(30)25(38)33(26(39)29(21,28)31)15-8-6-14(32)7-9-15/h3-10,17,19-21,35H,11-12H2,1-2H3/t17-,19+,20-,21+,28+,29-/m0/s1. The zero-order valence-electron chi connectivity index (χ0n) is 21.8. The summed E-state index contributed by atoms with van der Waals surface area (Å²) in [5.41, 5.74) is 1.17. The van der Waals surface area contributed by atoms with Crippen molar-refractivity contribution < 1.29 is 38.2 Å². The van der Waals surface area contributed by atoms with Gasteiger partial charge in [0, 0.05) is 11.5 Å². The summed E-state index contributed by atoms with van der Waals surface area (Å²) in [7, 11) is 1.05. The summed E-state index contributed by atoms with van der Waals surface area (Å²) in [6.45, 7) is 1.65. The molecule has 1 N–H and O–H groups in total. The number of ether oxygens (including phenoxy) is 1. The van der Waals surface area contributed by atoms with E-state index in [-0.39, 0.29) is 29.8 Å². The Morgan fingerprint density at radius 3 is 2.37 bits per heavy atom. The van der Waals surface area contributed by atoms with Crippen LogP contribution in [-0.2, 0) is 23.9 Å². The maximum atomic E-state index is 14.2. The monoisotopic (exact) mass is 600 g/mol. The van der Waals surface area contributed by atoms with Gasteiger partial charge in [-0.25, -0.2) is 14.1 Å². The Bertz CT molecular complexity index is 1590. The van der Waals surface area contributed by atoms with Gasteiger partial charge in [-0.1, -0.05) is 29.8 Å². The first kappa shape index (κ1) is 27.4. The highest BCUT2D eigenvalue weighted by atomic mass is 35.5. The summed E-state index contributed by atoms with van der Waals surface area (Å²) in [6.07, 6.45) is 0.290. The smallest absolute Gasteiger partial charge is 0.423 e. The van der Waals surface area contributed by atoms with Crippen LogP contribution < -0.4 is 4.90 Å². The number of phenols is 1. The molecule has 2 aromatic carbocycles. The Hall–Kier alpha value is -3.76. The Balaban J connectivity index is 1.57. The van der Waals surface area contributed by atoms with E-state index in [1.165, 1.54) is 12.1 Å². The van der Waals surface area contributed by atoms with Crippen molar-refractivity contribution in [2.45, 2.75) is 35.4 Å². The van der Waals surface area contributed by atoms with E-state index in [0.29, 0.717) is 16.0 Å². The molecule has 2 heterocycles. The summed E-state index contributed by atoms with van der Waals surface area (Å²) < 4.78 is 18.4. The molecule has 2 aromatic rings. The van der Waals surface area contributed by atoms with Crippen molar-refractivity contribution in [1.29, 1.82) is 0 Å². The first-order valence-corrected chi connectivity index (χ1v) is 13.6. The molecule has 2 aliphatic carbocycles. The largest absolute Gasteiger partial charge is 0.507 e. The van der Waals surface area contributed by atoms with E-state index in [1.807, 2.05) is 0 Å². The summed E-state index contributed by atoms with van der Waals surface area (Å²) in [5.74, 6) is -8.15. The van der Waals surface area contributed by atoms with Crippen LogP contribution in [0.2, 0.25) is 0 Å². The third-order valence-corrected chi connectivity index (χ3v) is 10.2. The van der Waals surface area contributed by atoms with Crippen LogP contribution in [0.5, 0.6) is 5.75 Å². The lowest BCUT2D eigenvalue weighted by Gasteiger charge is -2.50. The minimum Gasteiger partial charge on any atom is -0.507 e. The second-order valence-electron chi connectivity index (χ2n) is 10.7. The van der Waals surface area contributed by atoms with Gasteiger partial charge in [0.2, 0.25) is 11.8 Å². The molecule has 3 fully saturated rings. The Labute approximate surface area is 243 Å². The lowest BCUT2D eigenvalue weighted by molar-refractivity contribution is -0.138. The van der Waals surface area contributed by atoms with Gasteiger partial charge in [-0.3, -0.25) is 19.2 Å². The summed E-state index contributed by atoms with van der Waals surface area (Å²) in [5, 5.41) is 11.2. The number of likely N-dealkylation sites (tertiary alicyclic amines) is 1. The predicted octanol–water partition coefficient (Wildman–Crippen LogP) is 4.17. The highest BCUT2D eigenvalue weighted by molar-refractivity contribution is 6.58. The molecule has 4 aliphatic rings. The number of benzene rings is 2. The fourth-order valence-corrected chi connectivity index (χ4v) is 7.86. The van der Waals surface area contributed by atoms with E-state index >= 15 is 0 Å². The molecule has 6 atom stereocenters. The minimum atomic E-state index is -2.17. The maximum Gasteiger partial charge on any atom is 0.423 e. The number of hydrogen-bond donors (Lipinski definition) is 1. The number of rotatable bonds is 2. The van der Waals surface area contributed by atoms with Crippen LogP contribution >= 0.6 is 23.2 Å². The van der Waals surface area contributed by atoms with Crippen molar-refractivity contribution in [1.82, 2.24) is 4.90 Å². The number of aryl methyl sites for hydroxylation is 1. The number of aromatic hydroxyl groups is 1. The van der Waals surface area contributed by atoms with Gasteiger partial charge in [0.25, 0.3) is 11.8 Å². The summed E-state index contributed by atoms with van der Waals surface area (Å²) in [6, 6.07) is 9.53. The van der Waals surface area contributed by atoms with Crippen molar-refractivity contribution in [3.05, 3.63) is 71.1 Å². The van der Waals surface area contributed by atoms with Crippen LogP contribution in [0.4, 0.5) is 14.9 Å². The van der Waals surface area contributed by atoms with E-state index in [1.54, 1.807) is 31.2 Å². The van der Waals surface area contributed by atoms with Gasteiger partial charge in [0.1, 0.15) is 11.6 Å². The molecule has 212 valence electrons. The number of imide groups is 4. The lowest BCUT2D eigenvalue weighted by Crippen LogP contribution is -2.60. The number of para-hydroxylation sites is 1. The molecular formula is C29H23Cl2FN2O7. The van der Waals surface area contributed by atoms with Gasteiger partial charge in [-0.15, -0.1) is 23.2 Å². The molecule has 0 bridgehead atoms. The van der Waals surface area contributed by atoms with Gasteiger partial charge < -0.3 is 9.84 Å². The molecule has 1 saturated carbocycles. The SMILES string of the molecule is COC(=O)N1C(=O)[C@H]2[C@H](CC=C3[C@H]2C[C@@]2(Cl)C(=O)N(c4ccc(F)cc4)C(=O)[C@@]2(Cl)[C@H]3c2cccc(C)c2O)C1=O. The number of carbonyl (C=O) groups excluding carboxylic acids is 5. The van der Waals surface area contributed by atoms with E-state index in [9.17, 15) is 33.5 Å². The van der Waals surface area contributed by atoms with Crippen LogP contribution in [0.25, 0.3) is 0 Å². The zero-order valence-corrected chi connectivity index (χ0v) is 23.3. The van der Waals surface area contributed by atoms with Crippen LogP contribution in [0.1, 0.15) is 29.9 Å². The van der Waals surface area contributed by atoms with E-state index < -0.39 is 69.0 Å². The van der Waals surface area contributed by atoms with E-state index in [4.69, 9.17) is 23.2 Å². The first-order valence-electron chi connectivity index (χ1n) is 12.8. The third kappa shape index (κ3) is 3.43. The molecule has 0 unspecified atom stereocenters. The topological polar surface area (TPSA) is 121 Å². The number of anilines is 1. The molecule has 2 aliphatic heterocycles. The van der Waals surface area contributed by atoms with Gasteiger partial charge in [-0.05, 0) is 55.5 Å². The molecule has 41 heavy (non-hydrogen) atoms. The summed E-state index contributed by atoms with van der Waals surface area (Å²) >= 11 is 14.4. The normalized spacial score (nSPS) is 32.5. The van der Waals surface area contributed by atoms with E-state index in [0.717, 1.165) is 24.1 Å². The van der Waals surface area contributed by atoms with E-state index in [2.05, 4.69) is 4.74 Å². The summed E-state index contributed by atoms with van der Waals surface area (Å²) in [4.78, 5) is 64.3. The number of nitrogens with zero attached hydrogens (tertiary/aromatic N) is 2. The van der Waals surface area contributed by atoms with Gasteiger partial charge in [-0.2, -0.15) is 4.90 Å². The lowest BCUT2D eigenvalue weighted by atomic mass is 9.56. The number of phenolic OH excluding ortho intramolecular Hbond substituents is 1. The second-order valence-corrected chi connectivity index (χ2v) is 12.0. The van der Waals surface area contributed by atoms with Crippen molar-refractivity contribution >= 4 is 58.6 Å². The van der Waals surface area contributed by atoms with Crippen LogP contribution in [-0.4, -0.2) is 56.6 Å². The molecule has 0 radical (unpaired) electrons. The fraction of sp³-hybridized carbons (Fsp3) is 0.345. The fourth-order valence-electron chi connectivity index (χ4n) is 6.93. The average Bonchev–Trinajstić information content (AvgIpc) is 3.29. The maximum absolute atomic E-state index is 14.2. The second kappa shape index (κ2) is 9.12. The highest BCUT2D eigenvalue weighted by Gasteiger charge is 2.77. The minimum absolute atomic E-state index is 0.0434. The van der Waals surface area contributed by atoms with Crippen LogP contribution in [0.3, 0.4) is 0 Å². The molecule has 12 heteroatoms. The quantitative estimate of drug-likeness (QED) is 0.312. The average molecular weight is 601 g/mol. The Kier molecular flexibility index (Phi) is 6.10. The number of methoxy groups -OCH3 is 1. The molecule has 0 aromatic heterocycles. The van der Waals surface area contributed by atoms with Crippen molar-refractivity contribution in [2.75, 3.05) is 12.0 Å². The van der Waals surface area contributed by atoms with Crippen molar-refractivity contribution in [3.8, 4) is 5.75 Å². The molecule has 2 saturated heterocycles. The third-order valence-electron chi connectivity index (χ3n) is 8.83. The van der Waals surface area contributed by atoms with Crippen molar-refractivity contribution in [3.63, 3.8) is 0 Å².